The van der Waals surface area contributed by atoms with E-state index in [1.54, 1.807) is 13.0 Å². The highest BCUT2D eigenvalue weighted by Gasteiger charge is 2.23. The molecule has 1 aliphatic rings. The predicted molar refractivity (Wildman–Crippen MR) is 97.5 cm³/mol. The third-order valence-corrected chi connectivity index (χ3v) is 4.71. The van der Waals surface area contributed by atoms with Crippen LogP contribution in [0.5, 0.6) is 5.75 Å². The van der Waals surface area contributed by atoms with Crippen molar-refractivity contribution in [1.29, 1.82) is 0 Å². The van der Waals surface area contributed by atoms with Crippen molar-refractivity contribution in [3.05, 3.63) is 57.2 Å². The highest BCUT2D eigenvalue weighted by molar-refractivity contribution is 6.32. The van der Waals surface area contributed by atoms with Crippen molar-refractivity contribution in [3.63, 3.8) is 0 Å². The SMILES string of the molecule is Cc1nc(N2CCCC(COc3ccccc3Cl)C2)ccc1[N+](=O)[O-]. The number of hydrogen-bond donors (Lipinski definition) is 0. The van der Waals surface area contributed by atoms with Crippen molar-refractivity contribution in [2.45, 2.75) is 19.8 Å². The van der Waals surface area contributed by atoms with Gasteiger partial charge in [-0.25, -0.2) is 4.98 Å². The van der Waals surface area contributed by atoms with E-state index in [0.29, 0.717) is 29.0 Å². The Morgan fingerprint density at radius 1 is 1.36 bits per heavy atom. The summed E-state index contributed by atoms with van der Waals surface area (Å²) >= 11 is 6.12. The van der Waals surface area contributed by atoms with E-state index in [0.717, 1.165) is 31.7 Å². The Bertz CT molecular complexity index is 769. The van der Waals surface area contributed by atoms with Gasteiger partial charge in [0.1, 0.15) is 17.3 Å². The molecule has 0 spiro atoms. The van der Waals surface area contributed by atoms with Gasteiger partial charge in [0.05, 0.1) is 16.6 Å². The maximum Gasteiger partial charge on any atom is 0.290 e. The largest absolute Gasteiger partial charge is 0.492 e. The molecule has 7 heteroatoms. The van der Waals surface area contributed by atoms with Crippen molar-refractivity contribution in [2.75, 3.05) is 24.6 Å². The molecule has 6 nitrogen and oxygen atoms in total. The van der Waals surface area contributed by atoms with Gasteiger partial charge < -0.3 is 9.64 Å². The molecule has 0 bridgehead atoms. The number of ether oxygens (including phenoxy) is 1. The molecule has 3 rings (SSSR count). The molecule has 0 amide bonds. The van der Waals surface area contributed by atoms with Crippen molar-refractivity contribution < 1.29 is 9.66 Å². The van der Waals surface area contributed by atoms with Crippen LogP contribution in [-0.2, 0) is 0 Å². The summed E-state index contributed by atoms with van der Waals surface area (Å²) in [6.45, 7) is 3.97. The van der Waals surface area contributed by atoms with Crippen molar-refractivity contribution in [1.82, 2.24) is 4.98 Å². The molecule has 1 saturated heterocycles. The Balaban J connectivity index is 1.64. The molecule has 0 aliphatic carbocycles. The number of benzene rings is 1. The van der Waals surface area contributed by atoms with Gasteiger partial charge >= 0.3 is 0 Å². The van der Waals surface area contributed by atoms with Gasteiger partial charge in [-0.3, -0.25) is 10.1 Å². The molecule has 0 saturated carbocycles. The second kappa shape index (κ2) is 7.70. The predicted octanol–water partition coefficient (Wildman–Crippen LogP) is 4.25. The van der Waals surface area contributed by atoms with Crippen LogP contribution < -0.4 is 9.64 Å². The lowest BCUT2D eigenvalue weighted by molar-refractivity contribution is -0.385. The van der Waals surface area contributed by atoms with Crippen molar-refractivity contribution >= 4 is 23.1 Å². The number of halogens is 1. The van der Waals surface area contributed by atoms with Gasteiger partial charge in [-0.05, 0) is 38.0 Å². The van der Waals surface area contributed by atoms with Crippen LogP contribution in [0.4, 0.5) is 11.5 Å². The molecule has 2 heterocycles. The summed E-state index contributed by atoms with van der Waals surface area (Å²) in [6.07, 6.45) is 2.11. The number of piperidine rings is 1. The van der Waals surface area contributed by atoms with Crippen LogP contribution in [0.2, 0.25) is 5.02 Å². The van der Waals surface area contributed by atoms with Crippen molar-refractivity contribution in [2.24, 2.45) is 5.92 Å². The van der Waals surface area contributed by atoms with E-state index in [1.165, 1.54) is 6.07 Å². The minimum Gasteiger partial charge on any atom is -0.492 e. The number of aryl methyl sites for hydroxylation is 1. The lowest BCUT2D eigenvalue weighted by Gasteiger charge is -2.33. The molecule has 2 aromatic rings. The molecule has 0 N–H and O–H groups in total. The zero-order chi connectivity index (χ0) is 17.8. The minimum atomic E-state index is -0.400. The molecule has 1 fully saturated rings. The van der Waals surface area contributed by atoms with Crippen LogP contribution in [-0.4, -0.2) is 29.6 Å². The number of anilines is 1. The van der Waals surface area contributed by atoms with Crippen LogP contribution in [0.3, 0.4) is 0 Å². The first-order valence-electron chi connectivity index (χ1n) is 8.29. The molecule has 0 radical (unpaired) electrons. The number of para-hydroxylation sites is 1. The fraction of sp³-hybridized carbons (Fsp3) is 0.389. The van der Waals surface area contributed by atoms with E-state index in [1.807, 2.05) is 24.3 Å². The van der Waals surface area contributed by atoms with Crippen LogP contribution in [0.1, 0.15) is 18.5 Å². The van der Waals surface area contributed by atoms with Gasteiger partial charge in [0.15, 0.2) is 0 Å². The minimum absolute atomic E-state index is 0.0550. The average molecular weight is 362 g/mol. The van der Waals surface area contributed by atoms with Crippen molar-refractivity contribution in [3.8, 4) is 5.75 Å². The van der Waals surface area contributed by atoms with E-state index in [2.05, 4.69) is 9.88 Å². The Morgan fingerprint density at radius 3 is 2.88 bits per heavy atom. The first kappa shape index (κ1) is 17.5. The molecule has 1 aromatic carbocycles. The first-order chi connectivity index (χ1) is 12.0. The Morgan fingerprint density at radius 2 is 2.16 bits per heavy atom. The quantitative estimate of drug-likeness (QED) is 0.588. The summed E-state index contributed by atoms with van der Waals surface area (Å²) in [6, 6.07) is 10.7. The lowest BCUT2D eigenvalue weighted by Crippen LogP contribution is -2.38. The Labute approximate surface area is 151 Å². The van der Waals surface area contributed by atoms with E-state index in [4.69, 9.17) is 16.3 Å². The molecule has 1 aliphatic heterocycles. The number of pyridine rings is 1. The number of nitro groups is 1. The summed E-state index contributed by atoms with van der Waals surface area (Å²) in [5.41, 5.74) is 0.497. The second-order valence-electron chi connectivity index (χ2n) is 6.23. The molecular formula is C18H20ClN3O3. The summed E-state index contributed by atoms with van der Waals surface area (Å²) in [4.78, 5) is 17.1. The number of rotatable bonds is 5. The van der Waals surface area contributed by atoms with E-state index < -0.39 is 4.92 Å². The summed E-state index contributed by atoms with van der Waals surface area (Å²) in [5.74, 6) is 1.85. The molecule has 1 atom stereocenters. The summed E-state index contributed by atoms with van der Waals surface area (Å²) in [7, 11) is 0. The van der Waals surface area contributed by atoms with Gasteiger partial charge in [0.25, 0.3) is 5.69 Å². The standard InChI is InChI=1S/C18H20ClN3O3/c1-13-16(22(23)24)8-9-18(20-13)21-10-4-5-14(11-21)12-25-17-7-3-2-6-15(17)19/h2-3,6-9,14H,4-5,10-12H2,1H3. The maximum absolute atomic E-state index is 10.9. The molecule has 1 unspecified atom stereocenters. The first-order valence-corrected chi connectivity index (χ1v) is 8.66. The fourth-order valence-corrected chi connectivity index (χ4v) is 3.28. The Kier molecular flexibility index (Phi) is 5.38. The fourth-order valence-electron chi connectivity index (χ4n) is 3.09. The summed E-state index contributed by atoms with van der Waals surface area (Å²) < 4.78 is 5.87. The molecular weight excluding hydrogens is 342 g/mol. The number of nitrogens with zero attached hydrogens (tertiary/aromatic N) is 3. The zero-order valence-corrected chi connectivity index (χ0v) is 14.8. The Hall–Kier alpha value is -2.34. The van der Waals surface area contributed by atoms with E-state index in [-0.39, 0.29) is 5.69 Å². The third kappa shape index (κ3) is 4.20. The van der Waals surface area contributed by atoms with E-state index >= 15 is 0 Å². The zero-order valence-electron chi connectivity index (χ0n) is 14.0. The van der Waals surface area contributed by atoms with Gasteiger partial charge in [0, 0.05) is 25.1 Å². The van der Waals surface area contributed by atoms with Crippen LogP contribution in [0, 0.1) is 23.0 Å². The van der Waals surface area contributed by atoms with Crippen LogP contribution in [0.15, 0.2) is 36.4 Å². The normalized spacial score (nSPS) is 17.4. The maximum atomic E-state index is 10.9. The number of aromatic nitrogens is 1. The van der Waals surface area contributed by atoms with Gasteiger partial charge in [-0.1, -0.05) is 23.7 Å². The second-order valence-corrected chi connectivity index (χ2v) is 6.63. The van der Waals surface area contributed by atoms with Gasteiger partial charge in [-0.2, -0.15) is 0 Å². The van der Waals surface area contributed by atoms with Crippen LogP contribution >= 0.6 is 11.6 Å². The molecule has 1 aromatic heterocycles. The highest BCUT2D eigenvalue weighted by Crippen LogP contribution is 2.27. The smallest absolute Gasteiger partial charge is 0.290 e. The van der Waals surface area contributed by atoms with E-state index in [9.17, 15) is 10.1 Å². The molecule has 25 heavy (non-hydrogen) atoms. The number of hydrogen-bond acceptors (Lipinski definition) is 5. The third-order valence-electron chi connectivity index (χ3n) is 4.39. The lowest BCUT2D eigenvalue weighted by atomic mass is 9.99. The highest BCUT2D eigenvalue weighted by atomic mass is 35.5. The van der Waals surface area contributed by atoms with Crippen LogP contribution in [0.25, 0.3) is 0 Å². The average Bonchev–Trinajstić information content (AvgIpc) is 2.61. The summed E-state index contributed by atoms with van der Waals surface area (Å²) in [5, 5.41) is 11.5. The topological polar surface area (TPSA) is 68.5 Å². The monoisotopic (exact) mass is 361 g/mol. The molecule has 132 valence electrons. The van der Waals surface area contributed by atoms with Gasteiger partial charge in [-0.15, -0.1) is 0 Å². The van der Waals surface area contributed by atoms with Gasteiger partial charge in [0.2, 0.25) is 0 Å².